The number of hydrogen-bond donors (Lipinski definition) is 0. The van der Waals surface area contributed by atoms with Crippen LogP contribution in [0, 0.1) is 6.92 Å². The van der Waals surface area contributed by atoms with Crippen LogP contribution in [0.15, 0.2) is 52.7 Å². The molecule has 0 N–H and O–H groups in total. The number of amidine groups is 1. The Kier molecular flexibility index (Phi) is 7.52. The molecule has 0 aliphatic carbocycles. The van der Waals surface area contributed by atoms with E-state index < -0.39 is 0 Å². The predicted octanol–water partition coefficient (Wildman–Crippen LogP) is 4.65. The Balaban J connectivity index is 1.85. The third-order valence-electron chi connectivity index (χ3n) is 4.94. The smallest absolute Gasteiger partial charge is 0.242 e. The fraction of sp³-hybridized carbons (Fsp3) is 0.348. The summed E-state index contributed by atoms with van der Waals surface area (Å²) in [4.78, 5) is 14.7. The molecule has 1 aliphatic heterocycles. The summed E-state index contributed by atoms with van der Waals surface area (Å²) < 4.78 is 10.6. The van der Waals surface area contributed by atoms with Crippen LogP contribution in [-0.4, -0.2) is 41.7 Å². The van der Waals surface area contributed by atoms with Gasteiger partial charge in [-0.05, 0) is 36.6 Å². The SMILES string of the molecule is CCC[C@H]1S/C(=N/N=C\c2ccc(OC)cc2OC)N(Cc2ccccc2C)C1=O. The van der Waals surface area contributed by atoms with E-state index in [-0.39, 0.29) is 11.2 Å². The standard InChI is InChI=1S/C23H27N3O3S/c1-5-8-21-22(27)26(15-18-10-7-6-9-16(18)2)23(30-21)25-24-14-17-11-12-19(28-3)13-20(17)29-4/h6-7,9-14,21H,5,8,15H2,1-4H3/b24-14-,25-23+/t21-/m1/s1. The van der Waals surface area contributed by atoms with Crippen molar-refractivity contribution in [2.75, 3.05) is 14.2 Å². The summed E-state index contributed by atoms with van der Waals surface area (Å²) in [5.74, 6) is 1.45. The van der Waals surface area contributed by atoms with Crippen LogP contribution in [0.25, 0.3) is 0 Å². The van der Waals surface area contributed by atoms with Crippen molar-refractivity contribution in [2.24, 2.45) is 10.2 Å². The molecule has 6 nitrogen and oxygen atoms in total. The normalized spacial score (nSPS) is 17.9. The maximum atomic E-state index is 13.0. The molecule has 0 unspecified atom stereocenters. The largest absolute Gasteiger partial charge is 0.497 e. The summed E-state index contributed by atoms with van der Waals surface area (Å²) >= 11 is 1.49. The minimum absolute atomic E-state index is 0.0982. The van der Waals surface area contributed by atoms with Gasteiger partial charge in [0.05, 0.1) is 32.2 Å². The maximum Gasteiger partial charge on any atom is 0.242 e. The van der Waals surface area contributed by atoms with E-state index in [1.807, 2.05) is 30.3 Å². The van der Waals surface area contributed by atoms with E-state index in [0.717, 1.165) is 29.5 Å². The molecular weight excluding hydrogens is 398 g/mol. The second-order valence-corrected chi connectivity index (χ2v) is 8.15. The quantitative estimate of drug-likeness (QED) is 0.456. The Labute approximate surface area is 182 Å². The van der Waals surface area contributed by atoms with Gasteiger partial charge in [-0.25, -0.2) is 0 Å². The number of rotatable bonds is 8. The van der Waals surface area contributed by atoms with Gasteiger partial charge in [-0.1, -0.05) is 49.4 Å². The molecule has 2 aromatic rings. The Morgan fingerprint density at radius 2 is 1.97 bits per heavy atom. The number of methoxy groups -OCH3 is 2. The zero-order valence-electron chi connectivity index (χ0n) is 17.8. The van der Waals surface area contributed by atoms with Gasteiger partial charge >= 0.3 is 0 Å². The van der Waals surface area contributed by atoms with E-state index in [1.165, 1.54) is 11.8 Å². The molecule has 1 aliphatic rings. The van der Waals surface area contributed by atoms with Gasteiger partial charge in [0.15, 0.2) is 5.17 Å². The highest BCUT2D eigenvalue weighted by atomic mass is 32.2. The first-order chi connectivity index (χ1) is 14.6. The van der Waals surface area contributed by atoms with Gasteiger partial charge in [-0.2, -0.15) is 5.10 Å². The number of nitrogens with zero attached hydrogens (tertiary/aromatic N) is 3. The van der Waals surface area contributed by atoms with Crippen LogP contribution >= 0.6 is 11.8 Å². The average Bonchev–Trinajstić information content (AvgIpc) is 3.05. The van der Waals surface area contributed by atoms with Crippen LogP contribution in [-0.2, 0) is 11.3 Å². The minimum atomic E-state index is -0.108. The fourth-order valence-corrected chi connectivity index (χ4v) is 4.41. The molecule has 0 bridgehead atoms. The summed E-state index contributed by atoms with van der Waals surface area (Å²) in [7, 11) is 3.21. The molecule has 1 atom stereocenters. The molecule has 0 saturated carbocycles. The zero-order chi connectivity index (χ0) is 21.5. The van der Waals surface area contributed by atoms with Crippen molar-refractivity contribution in [3.63, 3.8) is 0 Å². The Morgan fingerprint density at radius 3 is 2.67 bits per heavy atom. The van der Waals surface area contributed by atoms with Crippen molar-refractivity contribution >= 4 is 29.1 Å². The van der Waals surface area contributed by atoms with Crippen molar-refractivity contribution in [1.29, 1.82) is 0 Å². The van der Waals surface area contributed by atoms with Crippen LogP contribution in [0.3, 0.4) is 0 Å². The average molecular weight is 426 g/mol. The number of aryl methyl sites for hydroxylation is 1. The minimum Gasteiger partial charge on any atom is -0.497 e. The summed E-state index contributed by atoms with van der Waals surface area (Å²) in [6, 6.07) is 13.6. The lowest BCUT2D eigenvalue weighted by atomic mass is 10.1. The van der Waals surface area contributed by atoms with Gasteiger partial charge in [0.2, 0.25) is 5.91 Å². The van der Waals surface area contributed by atoms with E-state index in [0.29, 0.717) is 23.2 Å². The van der Waals surface area contributed by atoms with Gasteiger partial charge < -0.3 is 9.47 Å². The van der Waals surface area contributed by atoms with Crippen LogP contribution in [0.4, 0.5) is 0 Å². The van der Waals surface area contributed by atoms with Gasteiger partial charge in [-0.3, -0.25) is 9.69 Å². The maximum absolute atomic E-state index is 13.0. The van der Waals surface area contributed by atoms with Gasteiger partial charge in [0, 0.05) is 11.6 Å². The number of benzene rings is 2. The third-order valence-corrected chi connectivity index (χ3v) is 6.18. The lowest BCUT2D eigenvalue weighted by Crippen LogP contribution is -2.31. The second-order valence-electron chi connectivity index (χ2n) is 6.98. The van der Waals surface area contributed by atoms with Crippen LogP contribution in [0.1, 0.15) is 36.5 Å². The molecule has 1 amide bonds. The highest BCUT2D eigenvalue weighted by molar-refractivity contribution is 8.15. The molecule has 0 aromatic heterocycles. The molecule has 0 radical (unpaired) electrons. The monoisotopic (exact) mass is 425 g/mol. The van der Waals surface area contributed by atoms with Crippen LogP contribution in [0.5, 0.6) is 11.5 Å². The number of hydrogen-bond acceptors (Lipinski definition) is 6. The zero-order valence-corrected chi connectivity index (χ0v) is 18.6. The number of thioether (sulfide) groups is 1. The van der Waals surface area contributed by atoms with E-state index in [4.69, 9.17) is 9.47 Å². The molecule has 3 rings (SSSR count). The van der Waals surface area contributed by atoms with Crippen molar-refractivity contribution in [3.8, 4) is 11.5 Å². The second kappa shape index (κ2) is 10.3. The molecule has 30 heavy (non-hydrogen) atoms. The van der Waals surface area contributed by atoms with E-state index in [9.17, 15) is 4.79 Å². The van der Waals surface area contributed by atoms with E-state index in [1.54, 1.807) is 31.4 Å². The molecule has 7 heteroatoms. The third kappa shape index (κ3) is 5.02. The highest BCUT2D eigenvalue weighted by Crippen LogP contribution is 2.32. The predicted molar refractivity (Wildman–Crippen MR) is 123 cm³/mol. The lowest BCUT2D eigenvalue weighted by molar-refractivity contribution is -0.126. The molecule has 1 saturated heterocycles. The van der Waals surface area contributed by atoms with Gasteiger partial charge in [0.1, 0.15) is 11.5 Å². The van der Waals surface area contributed by atoms with Crippen LogP contribution < -0.4 is 9.47 Å². The topological polar surface area (TPSA) is 63.5 Å². The highest BCUT2D eigenvalue weighted by Gasteiger charge is 2.37. The van der Waals surface area contributed by atoms with Gasteiger partial charge in [0.25, 0.3) is 0 Å². The van der Waals surface area contributed by atoms with Crippen molar-refractivity contribution in [2.45, 2.75) is 38.5 Å². The Hall–Kier alpha value is -2.80. The summed E-state index contributed by atoms with van der Waals surface area (Å²) in [6.07, 6.45) is 3.40. The molecular formula is C23H27N3O3S. The van der Waals surface area contributed by atoms with Crippen molar-refractivity contribution < 1.29 is 14.3 Å². The molecule has 2 aromatic carbocycles. The first-order valence-corrected chi connectivity index (χ1v) is 10.8. The molecule has 1 fully saturated rings. The molecule has 1 heterocycles. The first-order valence-electron chi connectivity index (χ1n) is 9.93. The summed E-state index contributed by atoms with van der Waals surface area (Å²) in [5, 5.41) is 9.17. The summed E-state index contributed by atoms with van der Waals surface area (Å²) in [5.41, 5.74) is 3.05. The number of carbonyl (C=O) groups is 1. The first kappa shape index (κ1) is 21.9. The number of carbonyl (C=O) groups excluding carboxylic acids is 1. The molecule has 0 spiro atoms. The van der Waals surface area contributed by atoms with Gasteiger partial charge in [-0.15, -0.1) is 5.10 Å². The molecule has 158 valence electrons. The fourth-order valence-electron chi connectivity index (χ4n) is 3.20. The Bertz CT molecular complexity index is 958. The van der Waals surface area contributed by atoms with E-state index >= 15 is 0 Å². The van der Waals surface area contributed by atoms with Crippen molar-refractivity contribution in [1.82, 2.24) is 4.90 Å². The number of amides is 1. The van der Waals surface area contributed by atoms with Crippen LogP contribution in [0.2, 0.25) is 0 Å². The number of ether oxygens (including phenoxy) is 2. The summed E-state index contributed by atoms with van der Waals surface area (Å²) in [6.45, 7) is 4.64. The lowest BCUT2D eigenvalue weighted by Gasteiger charge is -2.17. The van der Waals surface area contributed by atoms with E-state index in [2.05, 4.69) is 30.1 Å². The van der Waals surface area contributed by atoms with Crippen molar-refractivity contribution in [3.05, 3.63) is 59.2 Å². The Morgan fingerprint density at radius 1 is 1.17 bits per heavy atom.